The lowest BCUT2D eigenvalue weighted by Crippen LogP contribution is -2.41. The number of benzene rings is 1. The maximum Gasteiger partial charge on any atom is 0.241 e. The van der Waals surface area contributed by atoms with Crippen molar-refractivity contribution in [3.63, 3.8) is 0 Å². The molecule has 0 aliphatic carbocycles. The molecule has 172 valence electrons. The molecule has 0 heterocycles. The molecule has 0 unspecified atom stereocenters. The highest BCUT2D eigenvalue weighted by molar-refractivity contribution is 7.89. The molecular formula is C21H39N5O3S. The summed E-state index contributed by atoms with van der Waals surface area (Å²) in [6.07, 6.45) is 0.995. The van der Waals surface area contributed by atoms with Crippen LogP contribution >= 0.6 is 0 Å². The Hall–Kier alpha value is -1.68. The molecule has 8 nitrogen and oxygen atoms in total. The number of hydrogen-bond donors (Lipinski definition) is 3. The summed E-state index contributed by atoms with van der Waals surface area (Å²) in [5, 5.41) is 6.52. The zero-order chi connectivity index (χ0) is 22.6. The lowest BCUT2D eigenvalue weighted by atomic mass is 10.1. The topological polar surface area (TPSA) is 95.1 Å². The summed E-state index contributed by atoms with van der Waals surface area (Å²) in [4.78, 5) is 7.08. The molecule has 0 fully saturated rings. The van der Waals surface area contributed by atoms with Crippen LogP contribution in [0.3, 0.4) is 0 Å². The van der Waals surface area contributed by atoms with E-state index >= 15 is 0 Å². The Morgan fingerprint density at radius 2 is 1.87 bits per heavy atom. The van der Waals surface area contributed by atoms with E-state index in [0.717, 1.165) is 39.2 Å². The largest absolute Gasteiger partial charge is 0.385 e. The molecule has 3 N–H and O–H groups in total. The molecular weight excluding hydrogens is 402 g/mol. The van der Waals surface area contributed by atoms with E-state index < -0.39 is 15.6 Å². The van der Waals surface area contributed by atoms with Crippen LogP contribution in [-0.2, 0) is 21.3 Å². The number of hydrogen-bond acceptors (Lipinski definition) is 5. The van der Waals surface area contributed by atoms with Crippen molar-refractivity contribution in [1.82, 2.24) is 20.3 Å². The van der Waals surface area contributed by atoms with Crippen molar-refractivity contribution in [2.75, 3.05) is 46.9 Å². The van der Waals surface area contributed by atoms with Crippen molar-refractivity contribution in [2.45, 2.75) is 51.1 Å². The van der Waals surface area contributed by atoms with Gasteiger partial charge in [0, 0.05) is 45.4 Å². The van der Waals surface area contributed by atoms with E-state index in [2.05, 4.69) is 32.3 Å². The average Bonchev–Trinajstić information content (AvgIpc) is 2.64. The van der Waals surface area contributed by atoms with Gasteiger partial charge in [0.1, 0.15) is 0 Å². The maximum absolute atomic E-state index is 12.8. The number of guanidine groups is 1. The third-order valence-electron chi connectivity index (χ3n) is 4.13. The van der Waals surface area contributed by atoms with Gasteiger partial charge in [-0.15, -0.1) is 0 Å². The summed E-state index contributed by atoms with van der Waals surface area (Å²) < 4.78 is 33.4. The molecule has 0 bridgehead atoms. The normalized spacial score (nSPS) is 13.0. The van der Waals surface area contributed by atoms with Crippen LogP contribution in [0, 0.1) is 0 Å². The highest BCUT2D eigenvalue weighted by Crippen LogP contribution is 2.18. The SMILES string of the molecule is CCNC(=NCc1ccccc1S(=O)(=O)NC(C)(C)C)NCCN(C)CCCOC. The molecule has 9 heteroatoms. The Morgan fingerprint density at radius 3 is 2.50 bits per heavy atom. The minimum Gasteiger partial charge on any atom is -0.385 e. The van der Waals surface area contributed by atoms with Gasteiger partial charge in [0.2, 0.25) is 10.0 Å². The van der Waals surface area contributed by atoms with Gasteiger partial charge in [-0.1, -0.05) is 18.2 Å². The molecule has 0 amide bonds. The van der Waals surface area contributed by atoms with Crippen molar-refractivity contribution >= 4 is 16.0 Å². The molecule has 0 saturated carbocycles. The molecule has 1 aromatic rings. The number of rotatable bonds is 12. The van der Waals surface area contributed by atoms with Gasteiger partial charge in [-0.3, -0.25) is 0 Å². The fourth-order valence-electron chi connectivity index (χ4n) is 2.82. The summed E-state index contributed by atoms with van der Waals surface area (Å²) >= 11 is 0. The third-order valence-corrected chi connectivity index (χ3v) is 5.99. The molecule has 0 aliphatic rings. The summed E-state index contributed by atoms with van der Waals surface area (Å²) in [7, 11) is 0.161. The molecule has 0 atom stereocenters. The number of ether oxygens (including phenoxy) is 1. The van der Waals surface area contributed by atoms with Gasteiger partial charge in [-0.2, -0.15) is 0 Å². The third kappa shape index (κ3) is 10.4. The second kappa shape index (κ2) is 12.9. The standard InChI is InChI=1S/C21H39N5O3S/c1-7-22-20(23-13-15-26(5)14-10-16-29-6)24-17-18-11-8-9-12-19(18)30(27,28)25-21(2,3)4/h8-9,11-12,25H,7,10,13-17H2,1-6H3,(H2,22,23,24). The smallest absolute Gasteiger partial charge is 0.241 e. The molecule has 0 aromatic heterocycles. The molecule has 1 rings (SSSR count). The first kappa shape index (κ1) is 26.4. The number of likely N-dealkylation sites (N-methyl/N-ethyl adjacent to an activating group) is 1. The van der Waals surface area contributed by atoms with Crippen LogP contribution in [0.5, 0.6) is 0 Å². The first-order valence-corrected chi connectivity index (χ1v) is 11.9. The van der Waals surface area contributed by atoms with E-state index in [1.165, 1.54) is 0 Å². The Labute approximate surface area is 182 Å². The van der Waals surface area contributed by atoms with Crippen LogP contribution in [0.15, 0.2) is 34.2 Å². The molecule has 0 radical (unpaired) electrons. The molecule has 30 heavy (non-hydrogen) atoms. The minimum absolute atomic E-state index is 0.261. The van der Waals surface area contributed by atoms with Crippen molar-refractivity contribution in [3.05, 3.63) is 29.8 Å². The van der Waals surface area contributed by atoms with E-state index in [1.54, 1.807) is 25.3 Å². The number of nitrogens with one attached hydrogen (secondary N) is 3. The lowest BCUT2D eigenvalue weighted by Gasteiger charge is -2.21. The summed E-state index contributed by atoms with van der Waals surface area (Å²) in [6, 6.07) is 6.98. The predicted molar refractivity (Wildman–Crippen MR) is 123 cm³/mol. The fraction of sp³-hybridized carbons (Fsp3) is 0.667. The number of aliphatic imine (C=N–C) groups is 1. The van der Waals surface area contributed by atoms with Gasteiger partial charge in [-0.05, 0) is 52.8 Å². The van der Waals surface area contributed by atoms with Gasteiger partial charge in [0.25, 0.3) is 0 Å². The second-order valence-electron chi connectivity index (χ2n) is 8.23. The first-order chi connectivity index (χ1) is 14.1. The molecule has 0 saturated heterocycles. The Kier molecular flexibility index (Phi) is 11.3. The lowest BCUT2D eigenvalue weighted by molar-refractivity contribution is 0.180. The van der Waals surface area contributed by atoms with Crippen molar-refractivity contribution in [2.24, 2.45) is 4.99 Å². The van der Waals surface area contributed by atoms with Gasteiger partial charge in [0.05, 0.1) is 11.4 Å². The Morgan fingerprint density at radius 1 is 1.17 bits per heavy atom. The zero-order valence-electron chi connectivity index (χ0n) is 19.3. The van der Waals surface area contributed by atoms with E-state index in [-0.39, 0.29) is 11.4 Å². The van der Waals surface area contributed by atoms with Crippen molar-refractivity contribution in [3.8, 4) is 0 Å². The van der Waals surface area contributed by atoms with Gasteiger partial charge in [0.15, 0.2) is 5.96 Å². The second-order valence-corrected chi connectivity index (χ2v) is 9.89. The molecule has 0 aliphatic heterocycles. The van der Waals surface area contributed by atoms with Crippen LogP contribution in [0.4, 0.5) is 0 Å². The minimum atomic E-state index is -3.63. The van der Waals surface area contributed by atoms with E-state index in [4.69, 9.17) is 4.74 Å². The van der Waals surface area contributed by atoms with Crippen molar-refractivity contribution < 1.29 is 13.2 Å². The van der Waals surface area contributed by atoms with Crippen LogP contribution in [-0.4, -0.2) is 71.8 Å². The Bertz CT molecular complexity index is 760. The zero-order valence-corrected chi connectivity index (χ0v) is 20.1. The quantitative estimate of drug-likeness (QED) is 0.260. The van der Waals surface area contributed by atoms with Crippen LogP contribution < -0.4 is 15.4 Å². The van der Waals surface area contributed by atoms with Gasteiger partial charge < -0.3 is 20.3 Å². The maximum atomic E-state index is 12.8. The van der Waals surface area contributed by atoms with E-state index in [0.29, 0.717) is 11.5 Å². The fourth-order valence-corrected chi connectivity index (χ4v) is 4.47. The summed E-state index contributed by atoms with van der Waals surface area (Å²) in [5.74, 6) is 0.666. The van der Waals surface area contributed by atoms with Gasteiger partial charge in [-0.25, -0.2) is 18.1 Å². The monoisotopic (exact) mass is 441 g/mol. The average molecular weight is 442 g/mol. The van der Waals surface area contributed by atoms with Crippen LogP contribution in [0.25, 0.3) is 0 Å². The number of methoxy groups -OCH3 is 1. The highest BCUT2D eigenvalue weighted by atomic mass is 32.2. The molecule has 0 spiro atoms. The highest BCUT2D eigenvalue weighted by Gasteiger charge is 2.24. The van der Waals surface area contributed by atoms with Gasteiger partial charge >= 0.3 is 0 Å². The Balaban J connectivity index is 2.79. The first-order valence-electron chi connectivity index (χ1n) is 10.4. The number of sulfonamides is 1. The van der Waals surface area contributed by atoms with Crippen molar-refractivity contribution in [1.29, 1.82) is 0 Å². The number of nitrogens with zero attached hydrogens (tertiary/aromatic N) is 2. The van der Waals surface area contributed by atoms with E-state index in [9.17, 15) is 8.42 Å². The van der Waals surface area contributed by atoms with E-state index in [1.807, 2.05) is 33.8 Å². The summed E-state index contributed by atoms with van der Waals surface area (Å²) in [5.41, 5.74) is 0.101. The predicted octanol–water partition coefficient (Wildman–Crippen LogP) is 1.79. The van der Waals surface area contributed by atoms with Crippen LogP contribution in [0.1, 0.15) is 39.7 Å². The molecule has 1 aromatic carbocycles. The van der Waals surface area contributed by atoms with Crippen LogP contribution in [0.2, 0.25) is 0 Å². The summed E-state index contributed by atoms with van der Waals surface area (Å²) in [6.45, 7) is 11.8.